The second-order valence-corrected chi connectivity index (χ2v) is 5.64. The van der Waals surface area contributed by atoms with E-state index in [9.17, 15) is 9.18 Å². The minimum absolute atomic E-state index is 0.0203. The van der Waals surface area contributed by atoms with E-state index in [0.717, 1.165) is 6.42 Å². The van der Waals surface area contributed by atoms with E-state index < -0.39 is 11.6 Å². The van der Waals surface area contributed by atoms with E-state index in [2.05, 4.69) is 0 Å². The third kappa shape index (κ3) is 1.49. The first kappa shape index (κ1) is 11.7. The van der Waals surface area contributed by atoms with Crippen LogP contribution in [0.4, 0.5) is 4.39 Å². The summed E-state index contributed by atoms with van der Waals surface area (Å²) in [6, 6.07) is 0. The minimum Gasteiger partial charge on any atom is -0.299 e. The molecule has 1 saturated carbocycles. The van der Waals surface area contributed by atoms with Crippen LogP contribution in [0.2, 0.25) is 0 Å². The molecule has 1 rings (SSSR count). The molecular weight excluding hydrogens is 179 g/mol. The van der Waals surface area contributed by atoms with Crippen LogP contribution in [0.25, 0.3) is 0 Å². The van der Waals surface area contributed by atoms with Gasteiger partial charge in [-0.15, -0.1) is 0 Å². The molecule has 2 heteroatoms. The van der Waals surface area contributed by atoms with Gasteiger partial charge in [-0.2, -0.15) is 0 Å². The molecule has 0 bridgehead atoms. The first-order chi connectivity index (χ1) is 6.25. The highest BCUT2D eigenvalue weighted by Crippen LogP contribution is 2.57. The molecule has 1 fully saturated rings. The predicted octanol–water partition coefficient (Wildman–Crippen LogP) is 3.38. The molecular formula is C12H21FO. The second-order valence-electron chi connectivity index (χ2n) is 5.64. The Morgan fingerprint density at radius 1 is 1.50 bits per heavy atom. The zero-order chi connectivity index (χ0) is 11.1. The molecule has 0 aromatic rings. The van der Waals surface area contributed by atoms with Crippen LogP contribution < -0.4 is 0 Å². The van der Waals surface area contributed by atoms with Crippen LogP contribution in [-0.4, -0.2) is 12.0 Å². The maximum absolute atomic E-state index is 14.0. The van der Waals surface area contributed by atoms with Crippen LogP contribution in [0.1, 0.15) is 47.5 Å². The highest BCUT2D eigenvalue weighted by Gasteiger charge is 2.59. The smallest absolute Gasteiger partial charge is 0.138 e. The summed E-state index contributed by atoms with van der Waals surface area (Å²) in [5.74, 6) is 0.0688. The zero-order valence-electron chi connectivity index (χ0n) is 9.86. The number of ketones is 1. The molecule has 1 aliphatic rings. The quantitative estimate of drug-likeness (QED) is 0.668. The van der Waals surface area contributed by atoms with Gasteiger partial charge in [0.25, 0.3) is 0 Å². The molecule has 3 atom stereocenters. The Labute approximate surface area is 86.1 Å². The first-order valence-electron chi connectivity index (χ1n) is 5.41. The lowest BCUT2D eigenvalue weighted by Crippen LogP contribution is -2.57. The number of alkyl halides is 1. The first-order valence-corrected chi connectivity index (χ1v) is 5.41. The molecule has 1 nitrogen and oxygen atoms in total. The van der Waals surface area contributed by atoms with E-state index in [0.29, 0.717) is 6.42 Å². The lowest BCUT2D eigenvalue weighted by Gasteiger charge is -2.54. The Bertz CT molecular complexity index is 241. The molecule has 0 radical (unpaired) electrons. The van der Waals surface area contributed by atoms with Crippen molar-refractivity contribution in [3.05, 3.63) is 0 Å². The Morgan fingerprint density at radius 2 is 2.00 bits per heavy atom. The average Bonchev–Trinajstić information content (AvgIpc) is 2.00. The third-order valence-corrected chi connectivity index (χ3v) is 3.91. The Hall–Kier alpha value is -0.400. The number of Topliss-reactive ketones (excluding diaryl/α,β-unsaturated/α-hetero) is 1. The van der Waals surface area contributed by atoms with Gasteiger partial charge in [0.1, 0.15) is 12.0 Å². The van der Waals surface area contributed by atoms with E-state index in [1.54, 1.807) is 0 Å². The minimum atomic E-state index is -0.940. The molecule has 82 valence electrons. The van der Waals surface area contributed by atoms with Crippen molar-refractivity contribution in [3.63, 3.8) is 0 Å². The Kier molecular flexibility index (Phi) is 2.77. The molecule has 0 amide bonds. The van der Waals surface area contributed by atoms with Crippen molar-refractivity contribution < 1.29 is 9.18 Å². The Morgan fingerprint density at radius 3 is 2.21 bits per heavy atom. The van der Waals surface area contributed by atoms with Crippen LogP contribution in [-0.2, 0) is 4.79 Å². The predicted molar refractivity (Wildman–Crippen MR) is 55.9 cm³/mol. The van der Waals surface area contributed by atoms with E-state index in [4.69, 9.17) is 0 Å². The highest BCUT2D eigenvalue weighted by atomic mass is 19.1. The lowest BCUT2D eigenvalue weighted by atomic mass is 9.51. The molecule has 0 aromatic heterocycles. The van der Waals surface area contributed by atoms with Gasteiger partial charge < -0.3 is 0 Å². The molecule has 0 heterocycles. The van der Waals surface area contributed by atoms with Crippen LogP contribution >= 0.6 is 0 Å². The van der Waals surface area contributed by atoms with E-state index >= 15 is 0 Å². The highest BCUT2D eigenvalue weighted by molar-refractivity contribution is 5.84. The Balaban J connectivity index is 2.80. The van der Waals surface area contributed by atoms with Crippen LogP contribution in [0.5, 0.6) is 0 Å². The van der Waals surface area contributed by atoms with E-state index in [1.165, 1.54) is 6.92 Å². The fraction of sp³-hybridized carbons (Fsp3) is 0.917. The van der Waals surface area contributed by atoms with Crippen molar-refractivity contribution in [2.75, 3.05) is 0 Å². The zero-order valence-corrected chi connectivity index (χ0v) is 9.86. The maximum atomic E-state index is 14.0. The molecule has 0 saturated heterocycles. The van der Waals surface area contributed by atoms with Crippen molar-refractivity contribution in [3.8, 4) is 0 Å². The number of carbonyl (C=O) groups is 1. The monoisotopic (exact) mass is 200 g/mol. The summed E-state index contributed by atoms with van der Waals surface area (Å²) in [5.41, 5.74) is -0.675. The van der Waals surface area contributed by atoms with Gasteiger partial charge in [-0.3, -0.25) is 4.79 Å². The molecule has 3 unspecified atom stereocenters. The summed E-state index contributed by atoms with van der Waals surface area (Å²) in [4.78, 5) is 11.4. The summed E-state index contributed by atoms with van der Waals surface area (Å²) >= 11 is 0. The number of halogens is 1. The number of rotatable bonds is 2. The maximum Gasteiger partial charge on any atom is 0.138 e. The van der Waals surface area contributed by atoms with Gasteiger partial charge in [0.05, 0.1) is 5.41 Å². The van der Waals surface area contributed by atoms with Gasteiger partial charge in [-0.25, -0.2) is 4.39 Å². The molecule has 0 spiro atoms. The van der Waals surface area contributed by atoms with Crippen molar-refractivity contribution in [1.29, 1.82) is 0 Å². The molecule has 0 N–H and O–H groups in total. The van der Waals surface area contributed by atoms with Gasteiger partial charge in [0.2, 0.25) is 0 Å². The van der Waals surface area contributed by atoms with Crippen LogP contribution in [0.3, 0.4) is 0 Å². The topological polar surface area (TPSA) is 17.1 Å². The van der Waals surface area contributed by atoms with Gasteiger partial charge in [-0.05, 0) is 31.1 Å². The summed E-state index contributed by atoms with van der Waals surface area (Å²) in [6.07, 6.45) is 0.421. The molecule has 14 heavy (non-hydrogen) atoms. The standard InChI is InChI=1S/C12H21FO/c1-6-12(8(2)14)7-9(10(12)13)11(3,4)5/h9-10H,6-7H2,1-5H3. The number of hydrogen-bond acceptors (Lipinski definition) is 1. The molecule has 0 aliphatic heterocycles. The second kappa shape index (κ2) is 3.32. The molecule has 1 aliphatic carbocycles. The summed E-state index contributed by atoms with van der Waals surface area (Å²) in [6.45, 7) is 9.57. The van der Waals surface area contributed by atoms with Crippen LogP contribution in [0, 0.1) is 16.7 Å². The van der Waals surface area contributed by atoms with Gasteiger partial charge in [0.15, 0.2) is 0 Å². The lowest BCUT2D eigenvalue weighted by molar-refractivity contribution is -0.157. The number of carbonyl (C=O) groups excluding carboxylic acids is 1. The van der Waals surface area contributed by atoms with Gasteiger partial charge in [0, 0.05) is 0 Å². The van der Waals surface area contributed by atoms with Crippen molar-refractivity contribution in [2.45, 2.75) is 53.6 Å². The van der Waals surface area contributed by atoms with Crippen molar-refractivity contribution in [2.24, 2.45) is 16.7 Å². The summed E-state index contributed by atoms with van der Waals surface area (Å²) in [7, 11) is 0. The van der Waals surface area contributed by atoms with Crippen molar-refractivity contribution in [1.82, 2.24) is 0 Å². The third-order valence-electron chi connectivity index (χ3n) is 3.91. The van der Waals surface area contributed by atoms with Crippen molar-refractivity contribution >= 4 is 5.78 Å². The van der Waals surface area contributed by atoms with Gasteiger partial charge in [-0.1, -0.05) is 27.7 Å². The van der Waals surface area contributed by atoms with E-state index in [-0.39, 0.29) is 17.1 Å². The molecule has 0 aromatic carbocycles. The normalized spacial score (nSPS) is 37.9. The largest absolute Gasteiger partial charge is 0.299 e. The van der Waals surface area contributed by atoms with E-state index in [1.807, 2.05) is 27.7 Å². The number of hydrogen-bond donors (Lipinski definition) is 0. The van der Waals surface area contributed by atoms with Crippen LogP contribution in [0.15, 0.2) is 0 Å². The average molecular weight is 200 g/mol. The summed E-state index contributed by atoms with van der Waals surface area (Å²) < 4.78 is 14.0. The fourth-order valence-electron chi connectivity index (χ4n) is 2.50. The fourth-order valence-corrected chi connectivity index (χ4v) is 2.50. The van der Waals surface area contributed by atoms with Gasteiger partial charge >= 0.3 is 0 Å². The summed E-state index contributed by atoms with van der Waals surface area (Å²) in [5, 5.41) is 0. The SMILES string of the molecule is CCC1(C(C)=O)CC(C(C)(C)C)C1F.